The zero-order valence-electron chi connectivity index (χ0n) is 16.9. The highest BCUT2D eigenvalue weighted by atomic mass is 32.1. The zero-order valence-corrected chi connectivity index (χ0v) is 17.7. The minimum absolute atomic E-state index is 0.0272. The van der Waals surface area contributed by atoms with Gasteiger partial charge in [-0.3, -0.25) is 14.6 Å². The molecule has 0 saturated carbocycles. The van der Waals surface area contributed by atoms with E-state index in [4.69, 9.17) is 0 Å². The molecule has 1 aliphatic rings. The highest BCUT2D eigenvalue weighted by Crippen LogP contribution is 2.36. The van der Waals surface area contributed by atoms with Gasteiger partial charge in [0.05, 0.1) is 11.6 Å². The molecule has 3 aromatic rings. The van der Waals surface area contributed by atoms with Gasteiger partial charge in [0.1, 0.15) is 5.69 Å². The summed E-state index contributed by atoms with van der Waals surface area (Å²) in [6, 6.07) is 12.5. The van der Waals surface area contributed by atoms with Gasteiger partial charge in [0.25, 0.3) is 5.91 Å². The fourth-order valence-corrected chi connectivity index (χ4v) is 4.94. The summed E-state index contributed by atoms with van der Waals surface area (Å²) in [5.41, 5.74) is 1.89. The lowest BCUT2D eigenvalue weighted by Crippen LogP contribution is -2.54. The van der Waals surface area contributed by atoms with Gasteiger partial charge in [0, 0.05) is 37.4 Å². The fraction of sp³-hybridized carbons (Fsp3) is 0.304. The summed E-state index contributed by atoms with van der Waals surface area (Å²) < 4.78 is 0. The van der Waals surface area contributed by atoms with E-state index in [2.05, 4.69) is 44.9 Å². The molecule has 0 unspecified atom stereocenters. The largest absolute Gasteiger partial charge is 0.359 e. The Kier molecular flexibility index (Phi) is 5.90. The van der Waals surface area contributed by atoms with Gasteiger partial charge in [-0.15, -0.1) is 11.3 Å². The molecule has 1 aromatic carbocycles. The normalized spacial score (nSPS) is 18.8. The molecular weight excluding hydrogens is 396 g/mol. The van der Waals surface area contributed by atoms with Crippen molar-refractivity contribution in [3.8, 4) is 10.4 Å². The highest BCUT2D eigenvalue weighted by Gasteiger charge is 2.43. The van der Waals surface area contributed by atoms with Crippen LogP contribution in [0.25, 0.3) is 10.4 Å². The molecule has 1 saturated heterocycles. The minimum atomic E-state index is -0.668. The summed E-state index contributed by atoms with van der Waals surface area (Å²) in [6.45, 7) is 0.981. The van der Waals surface area contributed by atoms with Crippen LogP contribution in [0.4, 0.5) is 0 Å². The summed E-state index contributed by atoms with van der Waals surface area (Å²) in [5.74, 6) is -0.205. The van der Waals surface area contributed by atoms with E-state index in [1.165, 1.54) is 17.3 Å². The highest BCUT2D eigenvalue weighted by molar-refractivity contribution is 7.13. The van der Waals surface area contributed by atoms with Crippen LogP contribution in [-0.4, -0.2) is 46.8 Å². The van der Waals surface area contributed by atoms with Crippen molar-refractivity contribution in [1.29, 1.82) is 0 Å². The van der Waals surface area contributed by atoms with Crippen LogP contribution in [-0.2, 0) is 11.2 Å². The maximum Gasteiger partial charge on any atom is 0.274 e. The molecule has 1 fully saturated rings. The number of likely N-dealkylation sites (tertiary alicyclic amines) is 1. The second-order valence-corrected chi connectivity index (χ2v) is 8.58. The monoisotopic (exact) mass is 420 g/mol. The van der Waals surface area contributed by atoms with Gasteiger partial charge < -0.3 is 10.2 Å². The predicted molar refractivity (Wildman–Crippen MR) is 117 cm³/mol. The predicted octanol–water partition coefficient (Wildman–Crippen LogP) is 3.42. The molecule has 7 heteroatoms. The van der Waals surface area contributed by atoms with Crippen LogP contribution < -0.4 is 5.32 Å². The molecule has 0 radical (unpaired) electrons. The van der Waals surface area contributed by atoms with Gasteiger partial charge in [0.15, 0.2) is 0 Å². The summed E-state index contributed by atoms with van der Waals surface area (Å²) in [7, 11) is 1.66. The third-order valence-electron chi connectivity index (χ3n) is 5.63. The summed E-state index contributed by atoms with van der Waals surface area (Å²) in [6.07, 6.45) is 6.62. The van der Waals surface area contributed by atoms with E-state index in [0.717, 1.165) is 24.0 Å². The van der Waals surface area contributed by atoms with Crippen LogP contribution in [0.5, 0.6) is 0 Å². The van der Waals surface area contributed by atoms with Gasteiger partial charge in [0.2, 0.25) is 5.91 Å². The Labute approximate surface area is 180 Å². The first-order chi connectivity index (χ1) is 14.6. The lowest BCUT2D eigenvalue weighted by Gasteiger charge is -2.41. The first kappa shape index (κ1) is 20.2. The number of carbonyl (C=O) groups is 2. The van der Waals surface area contributed by atoms with Crippen LogP contribution in [0.2, 0.25) is 0 Å². The number of thiophene rings is 1. The first-order valence-corrected chi connectivity index (χ1v) is 10.9. The SMILES string of the molecule is CNC(=O)[C@]1(Cc2cccc(-c3cccs3)c2)CCCN(C(=O)c2cnccn2)C1. The van der Waals surface area contributed by atoms with Gasteiger partial charge in [-0.2, -0.15) is 0 Å². The van der Waals surface area contributed by atoms with E-state index >= 15 is 0 Å². The second-order valence-electron chi connectivity index (χ2n) is 7.63. The van der Waals surface area contributed by atoms with E-state index < -0.39 is 5.41 Å². The van der Waals surface area contributed by atoms with Crippen LogP contribution >= 0.6 is 11.3 Å². The number of benzene rings is 1. The quantitative estimate of drug-likeness (QED) is 0.686. The molecule has 3 heterocycles. The van der Waals surface area contributed by atoms with Gasteiger partial charge in [-0.05, 0) is 41.8 Å². The van der Waals surface area contributed by atoms with Crippen LogP contribution in [0.3, 0.4) is 0 Å². The Morgan fingerprint density at radius 2 is 2.13 bits per heavy atom. The molecule has 0 bridgehead atoms. The molecule has 2 amide bonds. The third-order valence-corrected chi connectivity index (χ3v) is 6.55. The van der Waals surface area contributed by atoms with Crippen molar-refractivity contribution < 1.29 is 9.59 Å². The number of amides is 2. The second kappa shape index (κ2) is 8.75. The standard InChI is InChI=1S/C23H24N4O2S/c1-24-22(29)23(14-17-5-2-6-18(13-17)20-7-3-12-30-20)8-4-11-27(16-23)21(28)19-15-25-9-10-26-19/h2-3,5-7,9-10,12-13,15H,4,8,11,14,16H2,1H3,(H,24,29)/t23-/m0/s1. The van der Waals surface area contributed by atoms with Gasteiger partial charge >= 0.3 is 0 Å². The Balaban J connectivity index is 1.61. The van der Waals surface area contributed by atoms with E-state index in [-0.39, 0.29) is 11.8 Å². The number of nitrogens with zero attached hydrogens (tertiary/aromatic N) is 3. The lowest BCUT2D eigenvalue weighted by atomic mass is 9.74. The van der Waals surface area contributed by atoms with E-state index in [1.807, 2.05) is 12.1 Å². The van der Waals surface area contributed by atoms with E-state index in [1.54, 1.807) is 29.5 Å². The number of piperidine rings is 1. The molecular formula is C23H24N4O2S. The third kappa shape index (κ3) is 4.11. The van der Waals surface area contributed by atoms with Gasteiger partial charge in [-0.25, -0.2) is 4.98 Å². The smallest absolute Gasteiger partial charge is 0.274 e. The van der Waals surface area contributed by atoms with Crippen molar-refractivity contribution in [3.05, 3.63) is 71.6 Å². The first-order valence-electron chi connectivity index (χ1n) is 10.0. The van der Waals surface area contributed by atoms with Crippen molar-refractivity contribution in [3.63, 3.8) is 0 Å². The van der Waals surface area contributed by atoms with Crippen molar-refractivity contribution >= 4 is 23.2 Å². The van der Waals surface area contributed by atoms with Crippen molar-refractivity contribution in [2.24, 2.45) is 5.41 Å². The molecule has 30 heavy (non-hydrogen) atoms. The van der Waals surface area contributed by atoms with Crippen molar-refractivity contribution in [1.82, 2.24) is 20.2 Å². The van der Waals surface area contributed by atoms with Crippen LogP contribution in [0, 0.1) is 5.41 Å². The Morgan fingerprint density at radius 1 is 1.23 bits per heavy atom. The van der Waals surface area contributed by atoms with E-state index in [0.29, 0.717) is 25.2 Å². The molecule has 1 atom stereocenters. The molecule has 2 aromatic heterocycles. The van der Waals surface area contributed by atoms with Crippen LogP contribution in [0.1, 0.15) is 28.9 Å². The molecule has 0 aliphatic carbocycles. The molecule has 6 nitrogen and oxygen atoms in total. The summed E-state index contributed by atoms with van der Waals surface area (Å²) >= 11 is 1.70. The maximum absolute atomic E-state index is 13.0. The number of hydrogen-bond acceptors (Lipinski definition) is 5. The number of hydrogen-bond donors (Lipinski definition) is 1. The number of aromatic nitrogens is 2. The Hall–Kier alpha value is -3.06. The average Bonchev–Trinajstić information content (AvgIpc) is 3.34. The number of carbonyl (C=O) groups excluding carboxylic acids is 2. The molecule has 4 rings (SSSR count). The number of rotatable bonds is 5. The summed E-state index contributed by atoms with van der Waals surface area (Å²) in [4.78, 5) is 37.1. The average molecular weight is 421 g/mol. The van der Waals surface area contributed by atoms with E-state index in [9.17, 15) is 9.59 Å². The molecule has 0 spiro atoms. The zero-order chi connectivity index (χ0) is 21.0. The lowest BCUT2D eigenvalue weighted by molar-refractivity contribution is -0.133. The fourth-order valence-electron chi connectivity index (χ4n) is 4.22. The van der Waals surface area contributed by atoms with Crippen molar-refractivity contribution in [2.75, 3.05) is 20.1 Å². The van der Waals surface area contributed by atoms with Gasteiger partial charge in [-0.1, -0.05) is 30.3 Å². The van der Waals surface area contributed by atoms with Crippen LogP contribution in [0.15, 0.2) is 60.4 Å². The molecule has 1 aliphatic heterocycles. The molecule has 154 valence electrons. The Bertz CT molecular complexity index is 1020. The topological polar surface area (TPSA) is 75.2 Å². The Morgan fingerprint density at radius 3 is 2.87 bits per heavy atom. The summed E-state index contributed by atoms with van der Waals surface area (Å²) in [5, 5.41) is 4.90. The molecule has 1 N–H and O–H groups in total. The minimum Gasteiger partial charge on any atom is -0.359 e. The maximum atomic E-state index is 13.0. The van der Waals surface area contributed by atoms with Crippen molar-refractivity contribution in [2.45, 2.75) is 19.3 Å². The number of nitrogens with one attached hydrogen (secondary N) is 1.